The molecule has 0 unspecified atom stereocenters. The molecule has 0 atom stereocenters. The Kier molecular flexibility index (Phi) is 5.09. The lowest BCUT2D eigenvalue weighted by Gasteiger charge is -2.12. The van der Waals surface area contributed by atoms with Crippen LogP contribution in [0.3, 0.4) is 0 Å². The molecule has 2 aromatic carbocycles. The molecule has 0 bridgehead atoms. The Morgan fingerprint density at radius 2 is 1.38 bits per heavy atom. The van der Waals surface area contributed by atoms with Gasteiger partial charge in [0.1, 0.15) is 11.5 Å². The minimum absolute atomic E-state index is 0.620. The minimum Gasteiger partial charge on any atom is -0.493 e. The molecule has 21 heavy (non-hydrogen) atoms. The van der Waals surface area contributed by atoms with Crippen molar-refractivity contribution in [1.82, 2.24) is 0 Å². The van der Waals surface area contributed by atoms with E-state index in [-0.39, 0.29) is 0 Å². The summed E-state index contributed by atoms with van der Waals surface area (Å²) in [5.41, 5.74) is 10.1. The topological polar surface area (TPSA) is 44.5 Å². The molecule has 0 aliphatic carbocycles. The molecule has 0 radical (unpaired) electrons. The second-order valence-corrected chi connectivity index (χ2v) is 5.22. The molecule has 0 aromatic heterocycles. The predicted molar refractivity (Wildman–Crippen MR) is 87.1 cm³/mol. The van der Waals surface area contributed by atoms with Crippen LogP contribution in [-0.4, -0.2) is 13.2 Å². The van der Waals surface area contributed by atoms with Crippen LogP contribution in [-0.2, 0) is 0 Å². The molecule has 0 aliphatic heterocycles. The first-order valence-electron chi connectivity index (χ1n) is 7.26. The van der Waals surface area contributed by atoms with Gasteiger partial charge in [-0.25, -0.2) is 0 Å². The molecule has 0 saturated carbocycles. The van der Waals surface area contributed by atoms with Crippen LogP contribution in [0.2, 0.25) is 0 Å². The van der Waals surface area contributed by atoms with Gasteiger partial charge in [0.05, 0.1) is 13.2 Å². The molecule has 0 heterocycles. The Hall–Kier alpha value is -2.16. The number of benzene rings is 2. The van der Waals surface area contributed by atoms with Crippen molar-refractivity contribution in [1.29, 1.82) is 0 Å². The van der Waals surface area contributed by atoms with Crippen LogP contribution in [0.25, 0.3) is 0 Å². The largest absolute Gasteiger partial charge is 0.493 e. The third-order valence-electron chi connectivity index (χ3n) is 3.68. The van der Waals surface area contributed by atoms with Crippen LogP contribution in [0, 0.1) is 20.8 Å². The van der Waals surface area contributed by atoms with Gasteiger partial charge >= 0.3 is 0 Å². The van der Waals surface area contributed by atoms with Crippen LogP contribution in [0.4, 0.5) is 5.69 Å². The van der Waals surface area contributed by atoms with Crippen molar-refractivity contribution in [2.24, 2.45) is 0 Å². The summed E-state index contributed by atoms with van der Waals surface area (Å²) in [4.78, 5) is 0. The average Bonchev–Trinajstić information content (AvgIpc) is 2.47. The molecule has 3 heteroatoms. The van der Waals surface area contributed by atoms with Crippen molar-refractivity contribution >= 4 is 5.69 Å². The highest BCUT2D eigenvalue weighted by Crippen LogP contribution is 2.23. The predicted octanol–water partition coefficient (Wildman–Crippen LogP) is 4.04. The van der Waals surface area contributed by atoms with E-state index >= 15 is 0 Å². The highest BCUT2D eigenvalue weighted by molar-refractivity contribution is 5.53. The van der Waals surface area contributed by atoms with Gasteiger partial charge in [-0.1, -0.05) is 18.2 Å². The summed E-state index contributed by atoms with van der Waals surface area (Å²) in [6.07, 6.45) is 0.835. The highest BCUT2D eigenvalue weighted by atomic mass is 16.5. The van der Waals surface area contributed by atoms with Crippen LogP contribution in [0.1, 0.15) is 23.1 Å². The third kappa shape index (κ3) is 3.91. The van der Waals surface area contributed by atoms with E-state index in [9.17, 15) is 0 Å². The van der Waals surface area contributed by atoms with Crippen molar-refractivity contribution in [3.63, 3.8) is 0 Å². The van der Waals surface area contributed by atoms with Gasteiger partial charge in [0, 0.05) is 17.7 Å². The number of anilines is 1. The van der Waals surface area contributed by atoms with Crippen LogP contribution in [0.15, 0.2) is 36.4 Å². The Bertz CT molecular complexity index is 555. The fourth-order valence-electron chi connectivity index (χ4n) is 2.09. The minimum atomic E-state index is 0.620. The zero-order valence-electron chi connectivity index (χ0n) is 13.0. The summed E-state index contributed by atoms with van der Waals surface area (Å²) in [6, 6.07) is 11.8. The zero-order chi connectivity index (χ0) is 15.2. The van der Waals surface area contributed by atoms with Crippen molar-refractivity contribution in [3.8, 4) is 11.5 Å². The van der Waals surface area contributed by atoms with Gasteiger partial charge in [0.25, 0.3) is 0 Å². The SMILES string of the molecule is Cc1cccc(OCCCOc2cccc(N)c2C)c1C. The molecule has 0 amide bonds. The number of ether oxygens (including phenoxy) is 2. The Balaban J connectivity index is 1.78. The maximum absolute atomic E-state index is 5.85. The lowest BCUT2D eigenvalue weighted by molar-refractivity contribution is 0.246. The Morgan fingerprint density at radius 3 is 2.05 bits per heavy atom. The van der Waals surface area contributed by atoms with Crippen LogP contribution in [0.5, 0.6) is 11.5 Å². The van der Waals surface area contributed by atoms with Crippen LogP contribution < -0.4 is 15.2 Å². The first kappa shape index (κ1) is 15.2. The number of rotatable bonds is 6. The van der Waals surface area contributed by atoms with E-state index in [4.69, 9.17) is 15.2 Å². The molecule has 0 aliphatic rings. The first-order chi connectivity index (χ1) is 10.1. The first-order valence-corrected chi connectivity index (χ1v) is 7.26. The van der Waals surface area contributed by atoms with Crippen LogP contribution >= 0.6 is 0 Å². The normalized spacial score (nSPS) is 10.4. The Morgan fingerprint density at radius 1 is 0.810 bits per heavy atom. The Labute approximate surface area is 126 Å². The third-order valence-corrected chi connectivity index (χ3v) is 3.68. The van der Waals surface area contributed by atoms with E-state index < -0.39 is 0 Å². The lowest BCUT2D eigenvalue weighted by Crippen LogP contribution is -2.07. The van der Waals surface area contributed by atoms with E-state index in [2.05, 4.69) is 19.9 Å². The standard InChI is InChI=1S/C18H23NO2/c1-13-7-4-9-17(14(13)2)20-11-6-12-21-18-10-5-8-16(19)15(18)3/h4-5,7-10H,6,11-12,19H2,1-3H3. The summed E-state index contributed by atoms with van der Waals surface area (Å²) < 4.78 is 11.6. The number of hydrogen-bond donors (Lipinski definition) is 1. The second kappa shape index (κ2) is 7.02. The van der Waals surface area contributed by atoms with E-state index in [0.717, 1.165) is 29.2 Å². The van der Waals surface area contributed by atoms with Gasteiger partial charge in [-0.3, -0.25) is 0 Å². The van der Waals surface area contributed by atoms with E-state index in [0.29, 0.717) is 13.2 Å². The molecule has 0 spiro atoms. The van der Waals surface area contributed by atoms with Crippen molar-refractivity contribution < 1.29 is 9.47 Å². The summed E-state index contributed by atoms with van der Waals surface area (Å²) in [6.45, 7) is 7.41. The van der Waals surface area contributed by atoms with Crippen molar-refractivity contribution in [2.45, 2.75) is 27.2 Å². The molecule has 112 valence electrons. The zero-order valence-corrected chi connectivity index (χ0v) is 13.0. The van der Waals surface area contributed by atoms with Crippen molar-refractivity contribution in [2.75, 3.05) is 18.9 Å². The summed E-state index contributed by atoms with van der Waals surface area (Å²) in [5.74, 6) is 1.80. The van der Waals surface area contributed by atoms with E-state index in [1.165, 1.54) is 11.1 Å². The highest BCUT2D eigenvalue weighted by Gasteiger charge is 2.03. The summed E-state index contributed by atoms with van der Waals surface area (Å²) >= 11 is 0. The maximum Gasteiger partial charge on any atom is 0.124 e. The maximum atomic E-state index is 5.85. The molecule has 0 saturated heterocycles. The van der Waals surface area contributed by atoms with Crippen molar-refractivity contribution in [3.05, 3.63) is 53.1 Å². The molecule has 0 fully saturated rings. The number of aryl methyl sites for hydroxylation is 1. The number of nitrogens with two attached hydrogens (primary N) is 1. The van der Waals surface area contributed by atoms with Gasteiger partial charge < -0.3 is 15.2 Å². The van der Waals surface area contributed by atoms with Gasteiger partial charge in [-0.05, 0) is 50.1 Å². The van der Waals surface area contributed by atoms with Gasteiger partial charge in [0.2, 0.25) is 0 Å². The lowest BCUT2D eigenvalue weighted by atomic mass is 10.1. The molecular weight excluding hydrogens is 262 g/mol. The monoisotopic (exact) mass is 285 g/mol. The summed E-state index contributed by atoms with van der Waals surface area (Å²) in [5, 5.41) is 0. The van der Waals surface area contributed by atoms with E-state index in [1.807, 2.05) is 37.3 Å². The molecule has 2 aromatic rings. The molecule has 2 rings (SSSR count). The number of nitrogen functional groups attached to an aromatic ring is 1. The van der Waals surface area contributed by atoms with Gasteiger partial charge in [-0.2, -0.15) is 0 Å². The molecular formula is C18H23NO2. The molecule has 3 nitrogen and oxygen atoms in total. The quantitative estimate of drug-likeness (QED) is 0.643. The average molecular weight is 285 g/mol. The van der Waals surface area contributed by atoms with Gasteiger partial charge in [0.15, 0.2) is 0 Å². The summed E-state index contributed by atoms with van der Waals surface area (Å²) in [7, 11) is 0. The number of hydrogen-bond acceptors (Lipinski definition) is 3. The second-order valence-electron chi connectivity index (χ2n) is 5.22. The fourth-order valence-corrected chi connectivity index (χ4v) is 2.09. The van der Waals surface area contributed by atoms with Gasteiger partial charge in [-0.15, -0.1) is 0 Å². The molecule has 2 N–H and O–H groups in total. The smallest absolute Gasteiger partial charge is 0.124 e. The van der Waals surface area contributed by atoms with E-state index in [1.54, 1.807) is 0 Å². The fraction of sp³-hybridized carbons (Fsp3) is 0.333.